The van der Waals surface area contributed by atoms with Gasteiger partial charge in [0.15, 0.2) is 23.6 Å². The SMILES string of the molecule is COc1cccc2c1C(=O)C1C(O)=C3C(=C(O)C1C2=O)C[C@@](O)(C(=O)CO)C[C@@H]3OC1C[C@H](N)[C@H](O)[C@H](C)O1. The quantitative estimate of drug-likeness (QED) is 0.294. The molecule has 1 saturated carbocycles. The Morgan fingerprint density at radius 2 is 1.87 bits per heavy atom. The minimum absolute atomic E-state index is 0.00597. The zero-order valence-electron chi connectivity index (χ0n) is 21.4. The largest absolute Gasteiger partial charge is 0.511 e. The molecule has 3 aliphatic carbocycles. The number of fused-ring (bicyclic) bond motifs is 3. The van der Waals surface area contributed by atoms with Crippen molar-refractivity contribution in [2.24, 2.45) is 17.6 Å². The minimum atomic E-state index is -2.22. The van der Waals surface area contributed by atoms with Gasteiger partial charge in [-0.05, 0) is 13.0 Å². The Hall–Kier alpha value is -3.13. The first-order valence-electron chi connectivity index (χ1n) is 12.6. The van der Waals surface area contributed by atoms with Crippen molar-refractivity contribution in [2.45, 2.75) is 62.4 Å². The number of nitrogens with two attached hydrogens (primary N) is 1. The van der Waals surface area contributed by atoms with Gasteiger partial charge in [0.1, 0.15) is 29.5 Å². The van der Waals surface area contributed by atoms with E-state index in [0.29, 0.717) is 0 Å². The number of carbonyl (C=O) groups is 3. The molecule has 12 nitrogen and oxygen atoms in total. The number of rotatable bonds is 5. The number of hydrogen-bond acceptors (Lipinski definition) is 12. The van der Waals surface area contributed by atoms with Crippen LogP contribution in [0.5, 0.6) is 5.75 Å². The van der Waals surface area contributed by atoms with Crippen LogP contribution < -0.4 is 10.5 Å². The van der Waals surface area contributed by atoms with Crippen LogP contribution in [0, 0.1) is 11.8 Å². The average molecular weight is 546 g/mol. The molecule has 2 fully saturated rings. The third-order valence-corrected chi connectivity index (χ3v) is 8.20. The maximum absolute atomic E-state index is 13.7. The van der Waals surface area contributed by atoms with Crippen LogP contribution in [0.2, 0.25) is 0 Å². The summed E-state index contributed by atoms with van der Waals surface area (Å²) in [5, 5.41) is 53.8. The van der Waals surface area contributed by atoms with Crippen molar-refractivity contribution in [2.75, 3.05) is 13.7 Å². The molecule has 5 rings (SSSR count). The molecule has 1 aliphatic heterocycles. The van der Waals surface area contributed by atoms with E-state index in [2.05, 4.69) is 0 Å². The van der Waals surface area contributed by atoms with Crippen molar-refractivity contribution < 1.29 is 54.1 Å². The van der Waals surface area contributed by atoms with Crippen LogP contribution in [0.15, 0.2) is 40.9 Å². The monoisotopic (exact) mass is 545 g/mol. The topological polar surface area (TPSA) is 206 Å². The first-order valence-corrected chi connectivity index (χ1v) is 12.6. The lowest BCUT2D eigenvalue weighted by Crippen LogP contribution is -2.55. The summed E-state index contributed by atoms with van der Waals surface area (Å²) in [6.45, 7) is 0.579. The van der Waals surface area contributed by atoms with E-state index < -0.39 is 96.4 Å². The molecule has 0 spiro atoms. The zero-order chi connectivity index (χ0) is 28.4. The highest BCUT2D eigenvalue weighted by atomic mass is 16.7. The lowest BCUT2D eigenvalue weighted by atomic mass is 9.63. The Balaban J connectivity index is 1.63. The van der Waals surface area contributed by atoms with E-state index in [4.69, 9.17) is 19.9 Å². The average Bonchev–Trinajstić information content (AvgIpc) is 2.90. The number of hydrogen-bond donors (Lipinski definition) is 6. The molecular formula is C27H31NO11. The number of allylic oxidation sites excluding steroid dienone is 2. The van der Waals surface area contributed by atoms with E-state index in [1.807, 2.05) is 0 Å². The Labute approximate surface area is 223 Å². The molecule has 1 heterocycles. The molecule has 0 aromatic heterocycles. The second-order valence-corrected chi connectivity index (χ2v) is 10.5. The lowest BCUT2D eigenvalue weighted by Gasteiger charge is -2.45. The van der Waals surface area contributed by atoms with Gasteiger partial charge in [0.2, 0.25) is 0 Å². The molecule has 8 atom stereocenters. The fourth-order valence-electron chi connectivity index (χ4n) is 6.15. The molecule has 0 amide bonds. The number of ether oxygens (including phenoxy) is 3. The van der Waals surface area contributed by atoms with Gasteiger partial charge in [0.25, 0.3) is 0 Å². The lowest BCUT2D eigenvalue weighted by molar-refractivity contribution is -0.240. The van der Waals surface area contributed by atoms with Crippen molar-refractivity contribution in [3.05, 3.63) is 52.0 Å². The minimum Gasteiger partial charge on any atom is -0.511 e. The molecule has 0 radical (unpaired) electrons. The molecule has 210 valence electrons. The predicted octanol–water partition coefficient (Wildman–Crippen LogP) is 0.239. The van der Waals surface area contributed by atoms with Crippen molar-refractivity contribution in [1.29, 1.82) is 0 Å². The molecule has 1 saturated heterocycles. The van der Waals surface area contributed by atoms with Crippen molar-refractivity contribution >= 4 is 17.3 Å². The molecule has 4 aliphatic rings. The third-order valence-electron chi connectivity index (χ3n) is 8.20. The highest BCUT2D eigenvalue weighted by molar-refractivity contribution is 6.19. The van der Waals surface area contributed by atoms with Crippen LogP contribution >= 0.6 is 0 Å². The van der Waals surface area contributed by atoms with Gasteiger partial charge in [-0.15, -0.1) is 0 Å². The Kier molecular flexibility index (Phi) is 6.90. The van der Waals surface area contributed by atoms with E-state index >= 15 is 0 Å². The van der Waals surface area contributed by atoms with Crippen molar-refractivity contribution in [3.8, 4) is 5.75 Å². The standard InChI is InChI=1S/C27H31NO11/c1-10-22(31)13(28)6-17(38-10)39-15-8-27(36,16(30)9-29)7-12-19(15)26(35)21-20(24(12)33)23(32)11-4-3-5-14(37-2)18(11)25(21)34/h3-5,10,13,15,17,20-22,29,31,33,35-36H,6-9,28H2,1-2H3/t10-,13-,15-,17?,20?,21?,22+,27-/m0/s1. The molecule has 1 aromatic carbocycles. The molecule has 1 aromatic rings. The number of aliphatic hydroxyl groups excluding tert-OH is 4. The number of Topliss-reactive ketones (excluding diaryl/α,β-unsaturated/α-hetero) is 3. The van der Waals surface area contributed by atoms with Crippen LogP contribution in [0.3, 0.4) is 0 Å². The first kappa shape index (κ1) is 27.4. The van der Waals surface area contributed by atoms with Crippen LogP contribution in [-0.4, -0.2) is 92.8 Å². The van der Waals surface area contributed by atoms with Gasteiger partial charge < -0.3 is 45.5 Å². The highest BCUT2D eigenvalue weighted by Crippen LogP contribution is 2.51. The first-order chi connectivity index (χ1) is 18.4. The van der Waals surface area contributed by atoms with Crippen molar-refractivity contribution in [1.82, 2.24) is 0 Å². The van der Waals surface area contributed by atoms with Gasteiger partial charge >= 0.3 is 0 Å². The Morgan fingerprint density at radius 3 is 2.51 bits per heavy atom. The second kappa shape index (κ2) is 9.81. The van der Waals surface area contributed by atoms with E-state index in [-0.39, 0.29) is 34.4 Å². The molecule has 0 bridgehead atoms. The fourth-order valence-corrected chi connectivity index (χ4v) is 6.15. The normalized spacial score (nSPS) is 36.3. The summed E-state index contributed by atoms with van der Waals surface area (Å²) in [5.74, 6) is -6.24. The van der Waals surface area contributed by atoms with Gasteiger partial charge in [-0.1, -0.05) is 12.1 Å². The summed E-state index contributed by atoms with van der Waals surface area (Å²) in [5.41, 5.74) is 3.58. The number of benzene rings is 1. The van der Waals surface area contributed by atoms with E-state index in [1.54, 1.807) is 6.92 Å². The number of ketones is 3. The summed E-state index contributed by atoms with van der Waals surface area (Å²) in [6, 6.07) is 3.72. The van der Waals surface area contributed by atoms with Crippen LogP contribution in [-0.2, 0) is 14.3 Å². The summed E-state index contributed by atoms with van der Waals surface area (Å²) >= 11 is 0. The van der Waals surface area contributed by atoms with Crippen LogP contribution in [0.1, 0.15) is 46.9 Å². The summed E-state index contributed by atoms with van der Waals surface area (Å²) in [7, 11) is 1.34. The van der Waals surface area contributed by atoms with Crippen molar-refractivity contribution in [3.63, 3.8) is 0 Å². The van der Waals surface area contributed by atoms with E-state index in [1.165, 1.54) is 25.3 Å². The maximum Gasteiger partial charge on any atom is 0.190 e. The molecule has 7 N–H and O–H groups in total. The van der Waals surface area contributed by atoms with Gasteiger partial charge in [-0.3, -0.25) is 14.4 Å². The number of carbonyl (C=O) groups excluding carboxylic acids is 3. The number of methoxy groups -OCH3 is 1. The van der Waals surface area contributed by atoms with Gasteiger partial charge in [0, 0.05) is 42.0 Å². The second-order valence-electron chi connectivity index (χ2n) is 10.5. The van der Waals surface area contributed by atoms with Crippen LogP contribution in [0.25, 0.3) is 0 Å². The zero-order valence-corrected chi connectivity index (χ0v) is 21.4. The fraction of sp³-hybridized carbons (Fsp3) is 0.519. The molecule has 3 unspecified atom stereocenters. The molecular weight excluding hydrogens is 514 g/mol. The maximum atomic E-state index is 13.7. The van der Waals surface area contributed by atoms with Gasteiger partial charge in [-0.2, -0.15) is 0 Å². The van der Waals surface area contributed by atoms with E-state index in [9.17, 15) is 39.9 Å². The van der Waals surface area contributed by atoms with Crippen LogP contribution in [0.4, 0.5) is 0 Å². The molecule has 12 heteroatoms. The summed E-state index contributed by atoms with van der Waals surface area (Å²) in [6.07, 6.45) is -4.99. The van der Waals surface area contributed by atoms with Gasteiger partial charge in [0.05, 0.1) is 42.8 Å². The summed E-state index contributed by atoms with van der Waals surface area (Å²) in [4.78, 5) is 39.9. The third kappa shape index (κ3) is 4.19. The van der Waals surface area contributed by atoms with Gasteiger partial charge in [-0.25, -0.2) is 0 Å². The smallest absolute Gasteiger partial charge is 0.190 e. The Bertz CT molecular complexity index is 1290. The summed E-state index contributed by atoms with van der Waals surface area (Å²) < 4.78 is 17.0. The Morgan fingerprint density at radius 1 is 1.18 bits per heavy atom. The van der Waals surface area contributed by atoms with E-state index in [0.717, 1.165) is 0 Å². The number of aliphatic hydroxyl groups is 5. The molecule has 39 heavy (non-hydrogen) atoms. The highest BCUT2D eigenvalue weighted by Gasteiger charge is 2.56. The predicted molar refractivity (Wildman–Crippen MR) is 132 cm³/mol.